The second kappa shape index (κ2) is 9.03. The summed E-state index contributed by atoms with van der Waals surface area (Å²) in [5, 5.41) is 2.36. The molecule has 1 N–H and O–H groups in total. The molecule has 5 nitrogen and oxygen atoms in total. The number of benzene rings is 1. The molecule has 2 fully saturated rings. The van der Waals surface area contributed by atoms with E-state index in [0.717, 1.165) is 12.8 Å². The minimum Gasteiger partial charge on any atom is -0.383 e. The largest absolute Gasteiger partial charge is 0.383 e. The summed E-state index contributed by atoms with van der Waals surface area (Å²) < 4.78 is 31.4. The number of methoxy groups -OCH3 is 1. The fraction of sp³-hybridized carbons (Fsp3) is 0.714. The summed E-state index contributed by atoms with van der Waals surface area (Å²) in [5.74, 6) is 1.27. The van der Waals surface area contributed by atoms with E-state index >= 15 is 0 Å². The van der Waals surface area contributed by atoms with E-state index in [0.29, 0.717) is 35.4 Å². The zero-order chi connectivity index (χ0) is 19.4. The first-order valence-corrected chi connectivity index (χ1v) is 11.9. The van der Waals surface area contributed by atoms with Crippen molar-refractivity contribution in [3.63, 3.8) is 0 Å². The standard InChI is InChI=1S/C21H34N2O3S/c1-16(2)12-18(15-27(24,25)20-9-5-4-6-10-20)22-23-19(14-26-3)13-17-8-7-11-21(17)23/h4-6,9-10,16-19,21-22H,7-8,11-15H2,1-3H3/t17-,18+,19-,21-/m1/s1. The summed E-state index contributed by atoms with van der Waals surface area (Å²) in [6.07, 6.45) is 5.72. The molecule has 0 radical (unpaired) electrons. The van der Waals surface area contributed by atoms with Crippen LogP contribution in [-0.2, 0) is 14.6 Å². The molecule has 3 rings (SSSR count). The van der Waals surface area contributed by atoms with Gasteiger partial charge in [0, 0.05) is 25.2 Å². The summed E-state index contributed by atoms with van der Waals surface area (Å²) in [7, 11) is -1.57. The Kier molecular flexibility index (Phi) is 6.95. The molecule has 0 aromatic heterocycles. The topological polar surface area (TPSA) is 58.6 Å². The van der Waals surface area contributed by atoms with Gasteiger partial charge in [-0.2, -0.15) is 0 Å². The minimum atomic E-state index is -3.32. The van der Waals surface area contributed by atoms with Crippen molar-refractivity contribution in [1.29, 1.82) is 0 Å². The normalized spacial score (nSPS) is 27.2. The Morgan fingerprint density at radius 2 is 1.96 bits per heavy atom. The maximum atomic E-state index is 12.9. The highest BCUT2D eigenvalue weighted by atomic mass is 32.2. The van der Waals surface area contributed by atoms with Crippen LogP contribution in [0.15, 0.2) is 35.2 Å². The SMILES string of the molecule is COC[C@H]1C[C@H]2CCC[C@H]2N1N[C@@H](CC(C)C)CS(=O)(=O)c1ccccc1. The molecule has 152 valence electrons. The summed E-state index contributed by atoms with van der Waals surface area (Å²) in [6, 6.07) is 9.57. The van der Waals surface area contributed by atoms with E-state index in [9.17, 15) is 8.42 Å². The fourth-order valence-corrected chi connectivity index (χ4v) is 6.37. The Morgan fingerprint density at radius 3 is 2.63 bits per heavy atom. The maximum absolute atomic E-state index is 12.9. The molecule has 0 bridgehead atoms. The number of hydrogen-bond acceptors (Lipinski definition) is 5. The number of rotatable bonds is 9. The van der Waals surface area contributed by atoms with Gasteiger partial charge in [0.05, 0.1) is 17.3 Å². The molecule has 1 aliphatic heterocycles. The molecule has 1 saturated carbocycles. The van der Waals surface area contributed by atoms with Crippen molar-refractivity contribution >= 4 is 9.84 Å². The van der Waals surface area contributed by atoms with Gasteiger partial charge in [0.25, 0.3) is 0 Å². The van der Waals surface area contributed by atoms with Gasteiger partial charge in [0.15, 0.2) is 9.84 Å². The van der Waals surface area contributed by atoms with Crippen LogP contribution in [0.5, 0.6) is 0 Å². The lowest BCUT2D eigenvalue weighted by atomic mass is 10.0. The molecule has 27 heavy (non-hydrogen) atoms. The van der Waals surface area contributed by atoms with Crippen molar-refractivity contribution in [2.24, 2.45) is 11.8 Å². The van der Waals surface area contributed by atoms with Crippen LogP contribution in [-0.4, -0.2) is 51.0 Å². The second-order valence-electron chi connectivity index (χ2n) is 8.56. The van der Waals surface area contributed by atoms with E-state index in [1.807, 2.05) is 6.07 Å². The fourth-order valence-electron chi connectivity index (χ4n) is 4.86. The van der Waals surface area contributed by atoms with Gasteiger partial charge in [0.2, 0.25) is 0 Å². The molecular weight excluding hydrogens is 360 g/mol. The summed E-state index contributed by atoms with van der Waals surface area (Å²) in [6.45, 7) is 5.00. The molecule has 0 amide bonds. The van der Waals surface area contributed by atoms with E-state index in [4.69, 9.17) is 4.74 Å². The number of hydrogen-bond donors (Lipinski definition) is 1. The van der Waals surface area contributed by atoms with Crippen molar-refractivity contribution in [3.05, 3.63) is 30.3 Å². The highest BCUT2D eigenvalue weighted by Gasteiger charge is 2.44. The lowest BCUT2D eigenvalue weighted by Crippen LogP contribution is -2.54. The number of sulfone groups is 1. The van der Waals surface area contributed by atoms with Gasteiger partial charge in [-0.1, -0.05) is 38.5 Å². The molecular formula is C21H34N2O3S. The van der Waals surface area contributed by atoms with E-state index in [1.165, 1.54) is 19.3 Å². The highest BCUT2D eigenvalue weighted by Crippen LogP contribution is 2.40. The highest BCUT2D eigenvalue weighted by molar-refractivity contribution is 7.91. The third kappa shape index (κ3) is 5.11. The van der Waals surface area contributed by atoms with Gasteiger partial charge in [-0.3, -0.25) is 5.43 Å². The molecule has 4 atom stereocenters. The summed E-state index contributed by atoms with van der Waals surface area (Å²) in [5.41, 5.74) is 3.65. The van der Waals surface area contributed by atoms with Crippen LogP contribution in [0.2, 0.25) is 0 Å². The number of fused-ring (bicyclic) bond motifs is 1. The summed E-state index contributed by atoms with van der Waals surface area (Å²) in [4.78, 5) is 0.411. The molecule has 1 aromatic rings. The number of nitrogens with one attached hydrogen (secondary N) is 1. The van der Waals surface area contributed by atoms with Crippen LogP contribution in [0.25, 0.3) is 0 Å². The van der Waals surface area contributed by atoms with Crippen LogP contribution >= 0.6 is 0 Å². The van der Waals surface area contributed by atoms with Crippen molar-refractivity contribution in [2.75, 3.05) is 19.5 Å². The first-order chi connectivity index (χ1) is 12.9. The molecule has 1 aromatic carbocycles. The lowest BCUT2D eigenvalue weighted by Gasteiger charge is -2.34. The van der Waals surface area contributed by atoms with Gasteiger partial charge >= 0.3 is 0 Å². The van der Waals surface area contributed by atoms with E-state index in [1.54, 1.807) is 31.4 Å². The van der Waals surface area contributed by atoms with Gasteiger partial charge in [-0.25, -0.2) is 13.4 Å². The quantitative estimate of drug-likeness (QED) is 0.697. The smallest absolute Gasteiger partial charge is 0.179 e. The molecule has 1 aliphatic carbocycles. The first-order valence-electron chi connectivity index (χ1n) is 10.2. The maximum Gasteiger partial charge on any atom is 0.179 e. The predicted octanol–water partition coefficient (Wildman–Crippen LogP) is 3.27. The zero-order valence-corrected chi connectivity index (χ0v) is 17.6. The first kappa shape index (κ1) is 20.8. The zero-order valence-electron chi connectivity index (χ0n) is 16.8. The molecule has 0 spiro atoms. The lowest BCUT2D eigenvalue weighted by molar-refractivity contribution is 0.0423. The van der Waals surface area contributed by atoms with Gasteiger partial charge < -0.3 is 4.74 Å². The van der Waals surface area contributed by atoms with E-state index < -0.39 is 9.84 Å². The Labute approximate surface area is 164 Å². The van der Waals surface area contributed by atoms with Crippen molar-refractivity contribution < 1.29 is 13.2 Å². The molecule has 6 heteroatoms. The Morgan fingerprint density at radius 1 is 1.22 bits per heavy atom. The monoisotopic (exact) mass is 394 g/mol. The minimum absolute atomic E-state index is 0.0890. The predicted molar refractivity (Wildman–Crippen MR) is 108 cm³/mol. The molecule has 1 heterocycles. The van der Waals surface area contributed by atoms with Gasteiger partial charge in [0.1, 0.15) is 0 Å². The number of hydrazine groups is 1. The average molecular weight is 395 g/mol. The van der Waals surface area contributed by atoms with Crippen molar-refractivity contribution in [2.45, 2.75) is 69.0 Å². The van der Waals surface area contributed by atoms with E-state index in [-0.39, 0.29) is 11.8 Å². The average Bonchev–Trinajstić information content (AvgIpc) is 3.18. The number of ether oxygens (including phenoxy) is 1. The molecule has 0 unspecified atom stereocenters. The number of nitrogens with zero attached hydrogens (tertiary/aromatic N) is 1. The Balaban J connectivity index is 1.76. The van der Waals surface area contributed by atoms with Gasteiger partial charge in [-0.15, -0.1) is 0 Å². The van der Waals surface area contributed by atoms with Crippen LogP contribution in [0.4, 0.5) is 0 Å². The van der Waals surface area contributed by atoms with Crippen LogP contribution in [0.1, 0.15) is 46.0 Å². The van der Waals surface area contributed by atoms with Gasteiger partial charge in [-0.05, 0) is 49.7 Å². The van der Waals surface area contributed by atoms with Crippen molar-refractivity contribution in [1.82, 2.24) is 10.4 Å². The molecule has 1 saturated heterocycles. The third-order valence-electron chi connectivity index (χ3n) is 5.91. The Hall–Kier alpha value is -0.950. The van der Waals surface area contributed by atoms with E-state index in [2.05, 4.69) is 24.3 Å². The molecule has 2 aliphatic rings. The second-order valence-corrected chi connectivity index (χ2v) is 10.6. The Bertz CT molecular complexity index is 693. The summed E-state index contributed by atoms with van der Waals surface area (Å²) >= 11 is 0. The van der Waals surface area contributed by atoms with Crippen molar-refractivity contribution in [3.8, 4) is 0 Å². The van der Waals surface area contributed by atoms with Crippen LogP contribution < -0.4 is 5.43 Å². The van der Waals surface area contributed by atoms with Crippen LogP contribution in [0.3, 0.4) is 0 Å². The third-order valence-corrected chi connectivity index (χ3v) is 7.75. The van der Waals surface area contributed by atoms with Crippen LogP contribution in [0, 0.1) is 11.8 Å².